The maximum absolute atomic E-state index is 11.6. The number of amidine groups is 1. The van der Waals surface area contributed by atoms with Crippen molar-refractivity contribution in [2.75, 3.05) is 6.54 Å². The van der Waals surface area contributed by atoms with Gasteiger partial charge in [-0.1, -0.05) is 33.6 Å². The second-order valence-electron chi connectivity index (χ2n) is 3.70. The summed E-state index contributed by atoms with van der Waals surface area (Å²) in [5.74, 6) is 0.194. The Kier molecular flexibility index (Phi) is 3.40. The number of hydrogen-bond acceptors (Lipinski definition) is 2. The molecule has 2 N–H and O–H groups in total. The molecule has 4 nitrogen and oxygen atoms in total. The van der Waals surface area contributed by atoms with Crippen molar-refractivity contribution >= 4 is 39.4 Å². The smallest absolute Gasteiger partial charge is 0.310 e. The van der Waals surface area contributed by atoms with E-state index in [4.69, 9.17) is 17.0 Å². The van der Waals surface area contributed by atoms with Gasteiger partial charge >= 0.3 is 6.03 Å². The maximum Gasteiger partial charge on any atom is 0.323 e. The van der Waals surface area contributed by atoms with Crippen LogP contribution in [0.25, 0.3) is 0 Å². The third-order valence-electron chi connectivity index (χ3n) is 2.69. The summed E-state index contributed by atoms with van der Waals surface area (Å²) in [6.45, 7) is 2.43. The molecule has 1 unspecified atom stereocenters. The molecule has 1 aliphatic heterocycles. The fourth-order valence-corrected chi connectivity index (χ4v) is 2.80. The average molecular weight is 317 g/mol. The molecular formula is C11H11BrClN3O. The highest BCUT2D eigenvalue weighted by atomic mass is 79.9. The van der Waals surface area contributed by atoms with Gasteiger partial charge in [0, 0.05) is 16.0 Å². The molecular weight excluding hydrogens is 305 g/mol. The second-order valence-corrected chi connectivity index (χ2v) is 4.99. The van der Waals surface area contributed by atoms with Crippen LogP contribution in [0.5, 0.6) is 0 Å². The molecule has 0 radical (unpaired) electrons. The maximum atomic E-state index is 11.6. The zero-order valence-corrected chi connectivity index (χ0v) is 11.5. The van der Waals surface area contributed by atoms with Gasteiger partial charge in [-0.15, -0.1) is 0 Å². The molecule has 6 heteroatoms. The highest BCUT2D eigenvalue weighted by Crippen LogP contribution is 2.32. The van der Waals surface area contributed by atoms with Gasteiger partial charge in [0.2, 0.25) is 0 Å². The standard InChI is InChI=1S/C11H11BrClN3O/c1-2-16-9(10(14)15-11(16)17)7-4-3-6(13)5-8(7)12/h3-5,9H,2H2,1H3,(H2,14,15,17). The Morgan fingerprint density at radius 2 is 2.29 bits per heavy atom. The summed E-state index contributed by atoms with van der Waals surface area (Å²) in [4.78, 5) is 13.2. The zero-order chi connectivity index (χ0) is 12.6. The lowest BCUT2D eigenvalue weighted by atomic mass is 10.1. The van der Waals surface area contributed by atoms with E-state index in [1.807, 2.05) is 13.0 Å². The van der Waals surface area contributed by atoms with E-state index >= 15 is 0 Å². The van der Waals surface area contributed by atoms with Crippen molar-refractivity contribution in [3.8, 4) is 0 Å². The summed E-state index contributed by atoms with van der Waals surface area (Å²) >= 11 is 9.29. The molecule has 1 heterocycles. The molecule has 0 aliphatic carbocycles. The monoisotopic (exact) mass is 315 g/mol. The predicted octanol–water partition coefficient (Wildman–Crippen LogP) is 3.17. The van der Waals surface area contributed by atoms with Crippen molar-refractivity contribution < 1.29 is 4.79 Å². The van der Waals surface area contributed by atoms with Crippen LogP contribution in [0.3, 0.4) is 0 Å². The zero-order valence-electron chi connectivity index (χ0n) is 9.13. The van der Waals surface area contributed by atoms with Crippen LogP contribution in [-0.4, -0.2) is 23.3 Å². The molecule has 17 heavy (non-hydrogen) atoms. The number of carbonyl (C=O) groups is 1. The molecule has 90 valence electrons. The quantitative estimate of drug-likeness (QED) is 0.865. The Balaban J connectivity index is 2.44. The fraction of sp³-hybridized carbons (Fsp3) is 0.273. The van der Waals surface area contributed by atoms with E-state index in [0.717, 1.165) is 10.0 Å². The highest BCUT2D eigenvalue weighted by Gasteiger charge is 2.36. The van der Waals surface area contributed by atoms with Gasteiger partial charge in [-0.2, -0.15) is 0 Å². The van der Waals surface area contributed by atoms with Gasteiger partial charge in [-0.25, -0.2) is 4.79 Å². The van der Waals surface area contributed by atoms with Crippen LogP contribution in [-0.2, 0) is 0 Å². The molecule has 1 aromatic rings. The molecule has 2 rings (SSSR count). The summed E-state index contributed by atoms with van der Waals surface area (Å²) in [6, 6.07) is 4.75. The van der Waals surface area contributed by atoms with Crippen LogP contribution in [0.1, 0.15) is 18.5 Å². The molecule has 0 saturated carbocycles. The number of benzene rings is 1. The molecule has 1 atom stereocenters. The predicted molar refractivity (Wildman–Crippen MR) is 70.5 cm³/mol. The number of nitrogens with one attached hydrogen (secondary N) is 2. The van der Waals surface area contributed by atoms with Crippen LogP contribution in [0.2, 0.25) is 5.02 Å². The Bertz CT molecular complexity index is 492. The van der Waals surface area contributed by atoms with Gasteiger partial charge in [-0.3, -0.25) is 10.7 Å². The molecule has 1 aliphatic rings. The first kappa shape index (κ1) is 12.4. The van der Waals surface area contributed by atoms with Gasteiger partial charge < -0.3 is 4.90 Å². The lowest BCUT2D eigenvalue weighted by Gasteiger charge is -2.22. The van der Waals surface area contributed by atoms with E-state index in [2.05, 4.69) is 21.2 Å². The lowest BCUT2D eigenvalue weighted by Crippen LogP contribution is -2.29. The van der Waals surface area contributed by atoms with Crippen molar-refractivity contribution in [3.05, 3.63) is 33.3 Å². The van der Waals surface area contributed by atoms with Gasteiger partial charge in [0.25, 0.3) is 0 Å². The van der Waals surface area contributed by atoms with Crippen LogP contribution < -0.4 is 5.32 Å². The SMILES string of the molecule is CCN1C(=O)NC(=N)C1c1ccc(Cl)cc1Br. The number of urea groups is 1. The number of nitrogens with zero attached hydrogens (tertiary/aromatic N) is 1. The Labute approximate surface area is 113 Å². The molecule has 0 spiro atoms. The second kappa shape index (κ2) is 4.66. The summed E-state index contributed by atoms with van der Waals surface area (Å²) < 4.78 is 0.801. The summed E-state index contributed by atoms with van der Waals surface area (Å²) in [7, 11) is 0. The summed E-state index contributed by atoms with van der Waals surface area (Å²) in [5, 5.41) is 11.0. The number of amides is 2. The Morgan fingerprint density at radius 1 is 1.59 bits per heavy atom. The first-order valence-corrected chi connectivity index (χ1v) is 6.32. The number of likely N-dealkylation sites (N-methyl/N-ethyl adjacent to an activating group) is 1. The van der Waals surface area contributed by atoms with Gasteiger partial charge in [-0.05, 0) is 24.6 Å². The Morgan fingerprint density at radius 3 is 2.88 bits per heavy atom. The summed E-state index contributed by atoms with van der Waals surface area (Å²) in [6.07, 6.45) is 0. The van der Waals surface area contributed by atoms with Crippen molar-refractivity contribution in [1.29, 1.82) is 5.41 Å². The van der Waals surface area contributed by atoms with E-state index in [9.17, 15) is 4.79 Å². The highest BCUT2D eigenvalue weighted by molar-refractivity contribution is 9.10. The van der Waals surface area contributed by atoms with E-state index in [1.165, 1.54) is 0 Å². The number of rotatable bonds is 2. The van der Waals surface area contributed by atoms with Crippen LogP contribution in [0.4, 0.5) is 4.79 Å². The minimum atomic E-state index is -0.362. The van der Waals surface area contributed by atoms with Crippen molar-refractivity contribution in [1.82, 2.24) is 10.2 Å². The van der Waals surface area contributed by atoms with Crippen LogP contribution in [0.15, 0.2) is 22.7 Å². The van der Waals surface area contributed by atoms with E-state index < -0.39 is 0 Å². The van der Waals surface area contributed by atoms with E-state index in [-0.39, 0.29) is 17.9 Å². The minimum Gasteiger partial charge on any atom is -0.310 e. The van der Waals surface area contributed by atoms with Crippen molar-refractivity contribution in [2.24, 2.45) is 0 Å². The van der Waals surface area contributed by atoms with Crippen molar-refractivity contribution in [2.45, 2.75) is 13.0 Å². The van der Waals surface area contributed by atoms with E-state index in [1.54, 1.807) is 17.0 Å². The largest absolute Gasteiger partial charge is 0.323 e. The fourth-order valence-electron chi connectivity index (χ4n) is 1.90. The number of carbonyl (C=O) groups excluding carboxylic acids is 1. The average Bonchev–Trinajstić information content (AvgIpc) is 2.53. The number of halogens is 2. The van der Waals surface area contributed by atoms with E-state index in [0.29, 0.717) is 11.6 Å². The minimum absolute atomic E-state index is 0.194. The molecule has 0 aromatic heterocycles. The van der Waals surface area contributed by atoms with Gasteiger partial charge in [0.15, 0.2) is 0 Å². The molecule has 1 fully saturated rings. The molecule has 2 amide bonds. The summed E-state index contributed by atoms with van der Waals surface area (Å²) in [5.41, 5.74) is 0.861. The topological polar surface area (TPSA) is 56.2 Å². The molecule has 1 aromatic carbocycles. The third kappa shape index (κ3) is 2.17. The van der Waals surface area contributed by atoms with Gasteiger partial charge in [0.05, 0.1) is 0 Å². The van der Waals surface area contributed by atoms with Crippen molar-refractivity contribution in [3.63, 3.8) is 0 Å². The lowest BCUT2D eigenvalue weighted by molar-refractivity contribution is 0.209. The molecule has 1 saturated heterocycles. The van der Waals surface area contributed by atoms with Gasteiger partial charge in [0.1, 0.15) is 11.9 Å². The molecule has 0 bridgehead atoms. The first-order valence-electron chi connectivity index (χ1n) is 5.15. The number of hydrogen-bond donors (Lipinski definition) is 2. The first-order chi connectivity index (χ1) is 8.04. The Hall–Kier alpha value is -1.07. The van der Waals surface area contributed by atoms with Crippen LogP contribution in [0, 0.1) is 5.41 Å². The van der Waals surface area contributed by atoms with Crippen LogP contribution >= 0.6 is 27.5 Å². The third-order valence-corrected chi connectivity index (χ3v) is 3.61. The normalized spacial score (nSPS) is 19.7.